The van der Waals surface area contributed by atoms with Gasteiger partial charge < -0.3 is 29.8 Å². The van der Waals surface area contributed by atoms with Crippen LogP contribution in [0, 0.1) is 6.92 Å². The number of aliphatic hydroxyl groups excluding tert-OH is 1. The van der Waals surface area contributed by atoms with E-state index < -0.39 is 17.9 Å². The van der Waals surface area contributed by atoms with Crippen LogP contribution in [-0.2, 0) is 0 Å². The van der Waals surface area contributed by atoms with Crippen molar-refractivity contribution in [3.63, 3.8) is 0 Å². The lowest BCUT2D eigenvalue weighted by molar-refractivity contribution is -0.286. The summed E-state index contributed by atoms with van der Waals surface area (Å²) in [6.45, 7) is 3.79. The molecule has 0 saturated carbocycles. The molecule has 5 rings (SSSR count). The van der Waals surface area contributed by atoms with Gasteiger partial charge in [-0.25, -0.2) is 4.98 Å². The molecule has 3 N–H and O–H groups in total. The van der Waals surface area contributed by atoms with E-state index >= 15 is 0 Å². The number of pyridine rings is 1. The maximum Gasteiger partial charge on any atom is 0.586 e. The smallest absolute Gasteiger partial charge is 0.395 e. The van der Waals surface area contributed by atoms with Crippen LogP contribution in [0.25, 0.3) is 5.69 Å². The Morgan fingerprint density at radius 1 is 1.19 bits per heavy atom. The molecule has 0 fully saturated rings. The maximum atomic E-state index is 13.3. The number of carbonyl (C=O) groups excluding carboxylic acids is 1. The van der Waals surface area contributed by atoms with Crippen molar-refractivity contribution < 1.29 is 28.2 Å². The Morgan fingerprint density at radius 2 is 2.00 bits per heavy atom. The molecule has 2 unspecified atom stereocenters. The topological polar surface area (TPSA) is 97.6 Å². The Balaban J connectivity index is 1.35. The second-order valence-corrected chi connectivity index (χ2v) is 8.65. The van der Waals surface area contributed by atoms with Crippen LogP contribution in [0.1, 0.15) is 29.3 Å². The van der Waals surface area contributed by atoms with Crippen molar-refractivity contribution in [3.8, 4) is 17.2 Å². The lowest BCUT2D eigenvalue weighted by atomic mass is 9.85. The summed E-state index contributed by atoms with van der Waals surface area (Å²) in [5.74, 6) is 0.0416. The zero-order chi connectivity index (χ0) is 25.5. The largest absolute Gasteiger partial charge is 0.586 e. The molecular weight excluding hydrogens is 470 g/mol. The van der Waals surface area contributed by atoms with Gasteiger partial charge in [0.1, 0.15) is 5.82 Å². The number of rotatable bonds is 6. The Kier molecular flexibility index (Phi) is 5.76. The number of hydrogen-bond acceptors (Lipinski definition) is 6. The molecule has 0 saturated heterocycles. The summed E-state index contributed by atoms with van der Waals surface area (Å²) in [5.41, 5.74) is 1.67. The Labute approximate surface area is 205 Å². The van der Waals surface area contributed by atoms with Crippen molar-refractivity contribution in [2.45, 2.75) is 38.2 Å². The molecule has 2 aliphatic rings. The molecule has 36 heavy (non-hydrogen) atoms. The van der Waals surface area contributed by atoms with Gasteiger partial charge in [-0.2, -0.15) is 0 Å². The zero-order valence-electron chi connectivity index (χ0n) is 19.5. The van der Waals surface area contributed by atoms with Gasteiger partial charge in [-0.05, 0) is 37.1 Å². The van der Waals surface area contributed by atoms with E-state index in [0.717, 1.165) is 11.3 Å². The highest BCUT2D eigenvalue weighted by Gasteiger charge is 2.43. The monoisotopic (exact) mass is 494 g/mol. The van der Waals surface area contributed by atoms with Crippen molar-refractivity contribution in [2.24, 2.45) is 0 Å². The fourth-order valence-electron chi connectivity index (χ4n) is 4.20. The van der Waals surface area contributed by atoms with Gasteiger partial charge >= 0.3 is 6.29 Å². The van der Waals surface area contributed by atoms with Crippen LogP contribution in [0.4, 0.5) is 20.3 Å². The predicted molar refractivity (Wildman–Crippen MR) is 129 cm³/mol. The Hall–Kier alpha value is -4.18. The first-order valence-corrected chi connectivity index (χ1v) is 11.4. The molecule has 2 aromatic heterocycles. The third-order valence-electron chi connectivity index (χ3n) is 6.24. The van der Waals surface area contributed by atoms with Gasteiger partial charge in [-0.3, -0.25) is 4.79 Å². The number of ether oxygens (including phenoxy) is 2. The molecule has 0 spiro atoms. The number of anilines is 2. The first kappa shape index (κ1) is 23.6. The molecule has 3 heterocycles. The van der Waals surface area contributed by atoms with Gasteiger partial charge in [0, 0.05) is 36.4 Å². The summed E-state index contributed by atoms with van der Waals surface area (Å²) >= 11 is 0. The first-order chi connectivity index (χ1) is 17.2. The number of benzene rings is 1. The van der Waals surface area contributed by atoms with Crippen LogP contribution in [0.2, 0.25) is 0 Å². The summed E-state index contributed by atoms with van der Waals surface area (Å²) in [5, 5.41) is 16.5. The zero-order valence-corrected chi connectivity index (χ0v) is 19.5. The number of carbonyl (C=O) groups is 1. The van der Waals surface area contributed by atoms with E-state index in [4.69, 9.17) is 0 Å². The minimum absolute atomic E-state index is 0.0432. The highest BCUT2D eigenvalue weighted by molar-refractivity contribution is 5.95. The van der Waals surface area contributed by atoms with Crippen molar-refractivity contribution in [1.82, 2.24) is 14.9 Å². The number of aryl methyl sites for hydroxylation is 1. The van der Waals surface area contributed by atoms with Crippen LogP contribution < -0.4 is 20.1 Å². The minimum atomic E-state index is -3.69. The average Bonchev–Trinajstić information content (AvgIpc) is 3.45. The van der Waals surface area contributed by atoms with E-state index in [1.807, 2.05) is 19.9 Å². The molecule has 3 aromatic rings. The second-order valence-electron chi connectivity index (χ2n) is 8.65. The summed E-state index contributed by atoms with van der Waals surface area (Å²) in [6, 6.07) is 7.85. The molecule has 1 amide bonds. The Bertz CT molecular complexity index is 1380. The number of allylic oxidation sites excluding steroid dienone is 2. The van der Waals surface area contributed by atoms with Crippen molar-refractivity contribution >= 4 is 17.4 Å². The lowest BCUT2D eigenvalue weighted by Gasteiger charge is -2.35. The average molecular weight is 494 g/mol. The van der Waals surface area contributed by atoms with E-state index in [2.05, 4.69) is 25.1 Å². The van der Waals surface area contributed by atoms with Gasteiger partial charge in [0.15, 0.2) is 11.5 Å². The molecule has 1 aliphatic heterocycles. The van der Waals surface area contributed by atoms with Crippen LogP contribution in [0.15, 0.2) is 73.2 Å². The normalized spacial score (nSPS) is 21.4. The van der Waals surface area contributed by atoms with E-state index in [0.29, 0.717) is 23.5 Å². The van der Waals surface area contributed by atoms with Gasteiger partial charge in [-0.1, -0.05) is 31.2 Å². The summed E-state index contributed by atoms with van der Waals surface area (Å²) < 4.78 is 37.3. The molecule has 186 valence electrons. The molecular formula is C26H24F2N4O4. The maximum absolute atomic E-state index is 13.3. The number of amides is 1. The van der Waals surface area contributed by atoms with Crippen molar-refractivity contribution in [3.05, 3.63) is 84.4 Å². The molecule has 0 bridgehead atoms. The van der Waals surface area contributed by atoms with E-state index in [-0.39, 0.29) is 17.4 Å². The molecule has 0 radical (unpaired) electrons. The number of halogens is 2. The first-order valence-electron chi connectivity index (χ1n) is 11.4. The van der Waals surface area contributed by atoms with Crippen molar-refractivity contribution in [2.75, 3.05) is 5.32 Å². The van der Waals surface area contributed by atoms with E-state index in [1.54, 1.807) is 59.6 Å². The molecule has 8 nitrogen and oxygen atoms in total. The quantitative estimate of drug-likeness (QED) is 0.463. The minimum Gasteiger partial charge on any atom is -0.395 e. The van der Waals surface area contributed by atoms with Gasteiger partial charge in [0.2, 0.25) is 0 Å². The van der Waals surface area contributed by atoms with E-state index in [1.165, 1.54) is 12.1 Å². The summed E-state index contributed by atoms with van der Waals surface area (Å²) in [6.07, 6.45) is 8.14. The highest BCUT2D eigenvalue weighted by atomic mass is 19.3. The fraction of sp³-hybridized carbons (Fsp3) is 0.231. The number of fused-ring (bicyclic) bond motifs is 1. The van der Waals surface area contributed by atoms with Crippen molar-refractivity contribution in [1.29, 1.82) is 0 Å². The number of nitrogens with one attached hydrogen (secondary N) is 2. The van der Waals surface area contributed by atoms with Gasteiger partial charge in [-0.15, -0.1) is 8.78 Å². The predicted octanol–water partition coefficient (Wildman–Crippen LogP) is 4.61. The lowest BCUT2D eigenvalue weighted by Crippen LogP contribution is -2.55. The van der Waals surface area contributed by atoms with Crippen LogP contribution >= 0.6 is 0 Å². The van der Waals surface area contributed by atoms with Gasteiger partial charge in [0.25, 0.3) is 5.91 Å². The standard InChI is InChI=1S/C26H24F2N4O4/c1-3-25(10-5-4-6-22(25)33)31-24(34)17-9-11-32(15-17)19-13-23(29-14-16(19)2)30-18-7-8-20-21(12-18)36-26(27,28)35-20/h4-15,22,33H,3H2,1-2H3,(H,29,30)(H,31,34). The molecule has 10 heteroatoms. The third kappa shape index (κ3) is 4.42. The molecule has 1 aliphatic carbocycles. The van der Waals surface area contributed by atoms with Crippen LogP contribution in [0.3, 0.4) is 0 Å². The number of hydrogen-bond donors (Lipinski definition) is 3. The number of aromatic nitrogens is 2. The number of alkyl halides is 2. The second kappa shape index (κ2) is 8.80. The fourth-order valence-corrected chi connectivity index (χ4v) is 4.20. The van der Waals surface area contributed by atoms with Gasteiger partial charge in [0.05, 0.1) is 22.9 Å². The highest BCUT2D eigenvalue weighted by Crippen LogP contribution is 2.42. The number of aliphatic hydroxyl groups is 1. The number of nitrogens with zero attached hydrogens (tertiary/aromatic N) is 2. The Morgan fingerprint density at radius 3 is 2.78 bits per heavy atom. The van der Waals surface area contributed by atoms with Crippen LogP contribution in [-0.4, -0.2) is 38.5 Å². The molecule has 1 aromatic carbocycles. The van der Waals surface area contributed by atoms with E-state index in [9.17, 15) is 18.7 Å². The summed E-state index contributed by atoms with van der Waals surface area (Å²) in [7, 11) is 0. The third-order valence-corrected chi connectivity index (χ3v) is 6.24. The van der Waals surface area contributed by atoms with Crippen LogP contribution in [0.5, 0.6) is 11.5 Å². The SMILES string of the molecule is CCC1(NC(=O)c2ccn(-c3cc(Nc4ccc5c(c4)OC(F)(F)O5)ncc3C)c2)C=CC=CC1O. The summed E-state index contributed by atoms with van der Waals surface area (Å²) in [4.78, 5) is 17.4. The molecule has 2 atom stereocenters.